The van der Waals surface area contributed by atoms with Gasteiger partial charge in [-0.1, -0.05) is 230 Å². The number of carbonyl (C=O) groups is 2. The number of hydrogen-bond acceptors (Lipinski definition) is 5. The quantitative estimate of drug-likeness (QED) is 0.0245. The standard InChI is InChI=1S/C55H101NO5/c1-4-7-10-13-16-19-22-25-26-27-30-32-35-38-41-44-47-53(58)52(50-57)56-54(59)49-51(46-43-40-37-34-31-28-23-20-17-14-11-8-5-2)61-55(60)48-45-42-39-36-33-29-24-21-18-15-12-9-6-3/h17,20,23,28-29,33,39,42,51-53,57-58H,4-16,18-19,21-22,24-27,30-32,34-38,40-41,43-50H2,1-3H3,(H,56,59)/b20-17+,28-23+,33-29-,42-39+. The maximum atomic E-state index is 13.2. The summed E-state index contributed by atoms with van der Waals surface area (Å²) >= 11 is 0. The van der Waals surface area contributed by atoms with E-state index in [1.54, 1.807) is 0 Å². The largest absolute Gasteiger partial charge is 0.462 e. The lowest BCUT2D eigenvalue weighted by molar-refractivity contribution is -0.150. The molecule has 0 saturated heterocycles. The second-order valence-electron chi connectivity index (χ2n) is 17.9. The molecule has 6 heteroatoms. The van der Waals surface area contributed by atoms with Crippen molar-refractivity contribution in [2.45, 2.75) is 283 Å². The van der Waals surface area contributed by atoms with Gasteiger partial charge in [-0.3, -0.25) is 9.59 Å². The number of rotatable bonds is 47. The number of allylic oxidation sites excluding steroid dienone is 8. The third-order valence-electron chi connectivity index (χ3n) is 11.9. The first kappa shape index (κ1) is 58.8. The van der Waals surface area contributed by atoms with Gasteiger partial charge >= 0.3 is 5.97 Å². The molecule has 356 valence electrons. The number of amides is 1. The number of esters is 1. The van der Waals surface area contributed by atoms with Gasteiger partial charge in [0.2, 0.25) is 5.91 Å². The number of ether oxygens (including phenoxy) is 1. The minimum absolute atomic E-state index is 0.0422. The van der Waals surface area contributed by atoms with E-state index in [1.807, 2.05) is 6.08 Å². The van der Waals surface area contributed by atoms with Crippen LogP contribution in [0.5, 0.6) is 0 Å². The van der Waals surface area contributed by atoms with Crippen LogP contribution in [0.2, 0.25) is 0 Å². The van der Waals surface area contributed by atoms with Crippen LogP contribution in [-0.2, 0) is 14.3 Å². The first-order valence-electron chi connectivity index (χ1n) is 26.4. The second-order valence-corrected chi connectivity index (χ2v) is 17.9. The van der Waals surface area contributed by atoms with Crippen LogP contribution in [-0.4, -0.2) is 46.9 Å². The van der Waals surface area contributed by atoms with Crippen LogP contribution < -0.4 is 5.32 Å². The molecule has 0 saturated carbocycles. The summed E-state index contributed by atoms with van der Waals surface area (Å²) < 4.78 is 5.88. The van der Waals surface area contributed by atoms with E-state index >= 15 is 0 Å². The van der Waals surface area contributed by atoms with Crippen molar-refractivity contribution in [3.63, 3.8) is 0 Å². The van der Waals surface area contributed by atoms with Gasteiger partial charge in [-0.25, -0.2) is 0 Å². The molecule has 3 N–H and O–H groups in total. The van der Waals surface area contributed by atoms with Gasteiger partial charge in [0, 0.05) is 6.42 Å². The zero-order chi connectivity index (χ0) is 44.5. The van der Waals surface area contributed by atoms with Gasteiger partial charge in [-0.05, 0) is 70.6 Å². The van der Waals surface area contributed by atoms with Crippen LogP contribution in [0.15, 0.2) is 48.6 Å². The van der Waals surface area contributed by atoms with Crippen molar-refractivity contribution in [2.75, 3.05) is 6.61 Å². The van der Waals surface area contributed by atoms with Gasteiger partial charge < -0.3 is 20.3 Å². The monoisotopic (exact) mass is 856 g/mol. The first-order valence-corrected chi connectivity index (χ1v) is 26.4. The average Bonchev–Trinajstić information content (AvgIpc) is 3.25. The van der Waals surface area contributed by atoms with Gasteiger partial charge in [0.15, 0.2) is 0 Å². The second kappa shape index (κ2) is 48.8. The predicted octanol–water partition coefficient (Wildman–Crippen LogP) is 15.8. The van der Waals surface area contributed by atoms with E-state index in [9.17, 15) is 19.8 Å². The number of aliphatic hydroxyl groups excluding tert-OH is 2. The summed E-state index contributed by atoms with van der Waals surface area (Å²) in [7, 11) is 0. The van der Waals surface area contributed by atoms with Gasteiger partial charge in [0.05, 0.1) is 25.2 Å². The summed E-state index contributed by atoms with van der Waals surface area (Å²) in [5.41, 5.74) is 0. The molecule has 3 atom stereocenters. The van der Waals surface area contributed by atoms with Crippen molar-refractivity contribution in [1.29, 1.82) is 0 Å². The predicted molar refractivity (Wildman–Crippen MR) is 264 cm³/mol. The maximum absolute atomic E-state index is 13.2. The van der Waals surface area contributed by atoms with E-state index < -0.39 is 18.2 Å². The molecule has 0 rings (SSSR count). The van der Waals surface area contributed by atoms with Crippen LogP contribution in [0.1, 0.15) is 265 Å². The zero-order valence-corrected chi connectivity index (χ0v) is 40.5. The van der Waals surface area contributed by atoms with E-state index in [2.05, 4.69) is 68.6 Å². The molecule has 0 heterocycles. The highest BCUT2D eigenvalue weighted by Crippen LogP contribution is 2.17. The first-order chi connectivity index (χ1) is 30.0. The lowest BCUT2D eigenvalue weighted by Gasteiger charge is -2.24. The van der Waals surface area contributed by atoms with Gasteiger partial charge in [-0.15, -0.1) is 0 Å². The lowest BCUT2D eigenvalue weighted by atomic mass is 10.0. The molecule has 61 heavy (non-hydrogen) atoms. The number of aliphatic hydroxyl groups is 2. The summed E-state index contributed by atoms with van der Waals surface area (Å²) in [5.74, 6) is -0.570. The van der Waals surface area contributed by atoms with Crippen molar-refractivity contribution in [2.24, 2.45) is 0 Å². The Kier molecular flexibility index (Phi) is 47.1. The fourth-order valence-electron chi connectivity index (χ4n) is 7.89. The molecule has 0 radical (unpaired) electrons. The Bertz CT molecular complexity index is 1050. The van der Waals surface area contributed by atoms with Crippen LogP contribution in [0.4, 0.5) is 0 Å². The summed E-state index contributed by atoms with van der Waals surface area (Å²) in [5, 5.41) is 23.8. The molecular weight excluding hydrogens is 755 g/mol. The molecule has 0 aromatic rings. The fourth-order valence-corrected chi connectivity index (χ4v) is 7.89. The van der Waals surface area contributed by atoms with E-state index in [1.165, 1.54) is 141 Å². The average molecular weight is 856 g/mol. The van der Waals surface area contributed by atoms with Gasteiger partial charge in [0.1, 0.15) is 6.10 Å². The van der Waals surface area contributed by atoms with Crippen molar-refractivity contribution >= 4 is 11.9 Å². The Morgan fingerprint density at radius 1 is 0.492 bits per heavy atom. The molecule has 0 aliphatic heterocycles. The Balaban J connectivity index is 4.61. The van der Waals surface area contributed by atoms with Crippen molar-refractivity contribution < 1.29 is 24.5 Å². The third kappa shape index (κ3) is 44.2. The Labute approximate surface area is 378 Å². The summed E-state index contributed by atoms with van der Waals surface area (Å²) in [6.45, 7) is 6.44. The van der Waals surface area contributed by atoms with Crippen LogP contribution >= 0.6 is 0 Å². The number of hydrogen-bond donors (Lipinski definition) is 3. The third-order valence-corrected chi connectivity index (χ3v) is 11.9. The van der Waals surface area contributed by atoms with E-state index in [-0.39, 0.29) is 31.3 Å². The summed E-state index contributed by atoms with van der Waals surface area (Å²) in [6.07, 6.45) is 58.9. The molecule has 0 aromatic carbocycles. The molecule has 0 bridgehead atoms. The number of carbonyl (C=O) groups excluding carboxylic acids is 2. The number of nitrogens with one attached hydrogen (secondary N) is 1. The van der Waals surface area contributed by atoms with Crippen LogP contribution in [0.25, 0.3) is 0 Å². The SMILES string of the molecule is CCCCC/C=C/C=C/CCCCCCC(CC(=O)NC(CO)C(O)CCCCCCCCCCCCCCCCCC)OC(=O)CC/C=C/C/C=C\CCCCCCCC. The molecule has 0 spiro atoms. The lowest BCUT2D eigenvalue weighted by Crippen LogP contribution is -2.46. The topological polar surface area (TPSA) is 95.9 Å². The molecule has 3 unspecified atom stereocenters. The molecular formula is C55H101NO5. The van der Waals surface area contributed by atoms with Crippen molar-refractivity contribution in [3.8, 4) is 0 Å². The Hall–Kier alpha value is -2.18. The Morgan fingerprint density at radius 2 is 0.885 bits per heavy atom. The highest BCUT2D eigenvalue weighted by molar-refractivity contribution is 5.77. The summed E-state index contributed by atoms with van der Waals surface area (Å²) in [6, 6.07) is -0.718. The van der Waals surface area contributed by atoms with E-state index in [4.69, 9.17) is 4.74 Å². The van der Waals surface area contributed by atoms with Crippen molar-refractivity contribution in [3.05, 3.63) is 48.6 Å². The minimum atomic E-state index is -0.802. The smallest absolute Gasteiger partial charge is 0.306 e. The molecule has 6 nitrogen and oxygen atoms in total. The molecule has 0 aliphatic rings. The summed E-state index contributed by atoms with van der Waals surface area (Å²) in [4.78, 5) is 26.1. The van der Waals surface area contributed by atoms with Crippen LogP contribution in [0.3, 0.4) is 0 Å². The van der Waals surface area contributed by atoms with Gasteiger partial charge in [0.25, 0.3) is 0 Å². The minimum Gasteiger partial charge on any atom is -0.462 e. The van der Waals surface area contributed by atoms with E-state index in [0.29, 0.717) is 19.3 Å². The Morgan fingerprint density at radius 3 is 1.38 bits per heavy atom. The van der Waals surface area contributed by atoms with Crippen LogP contribution in [0, 0.1) is 0 Å². The molecule has 0 aromatic heterocycles. The fraction of sp³-hybridized carbons (Fsp3) is 0.818. The maximum Gasteiger partial charge on any atom is 0.306 e. The zero-order valence-electron chi connectivity index (χ0n) is 40.5. The number of unbranched alkanes of at least 4 members (excludes halogenated alkanes) is 28. The highest BCUT2D eigenvalue weighted by atomic mass is 16.5. The highest BCUT2D eigenvalue weighted by Gasteiger charge is 2.24. The van der Waals surface area contributed by atoms with E-state index in [0.717, 1.165) is 70.6 Å². The van der Waals surface area contributed by atoms with Gasteiger partial charge in [-0.2, -0.15) is 0 Å². The molecule has 0 fully saturated rings. The molecule has 1 amide bonds. The normalized spacial score (nSPS) is 13.6. The molecule has 0 aliphatic carbocycles. The van der Waals surface area contributed by atoms with Crippen molar-refractivity contribution in [1.82, 2.24) is 5.32 Å².